The number of ketones is 1. The number of nitriles is 1. The van der Waals surface area contributed by atoms with Crippen molar-refractivity contribution in [1.82, 2.24) is 15.2 Å². The molecule has 0 radical (unpaired) electrons. The van der Waals surface area contributed by atoms with Gasteiger partial charge in [0.25, 0.3) is 0 Å². The van der Waals surface area contributed by atoms with Crippen LogP contribution in [0.15, 0.2) is 58.2 Å². The molecule has 0 amide bonds. The van der Waals surface area contributed by atoms with E-state index in [1.165, 1.54) is 6.33 Å². The lowest BCUT2D eigenvalue weighted by atomic mass is 9.76. The number of H-pyrrole nitrogens is 1. The van der Waals surface area contributed by atoms with Crippen molar-refractivity contribution in [3.63, 3.8) is 0 Å². The van der Waals surface area contributed by atoms with Crippen molar-refractivity contribution in [2.24, 2.45) is 5.73 Å². The van der Waals surface area contributed by atoms with Crippen molar-refractivity contribution in [3.05, 3.63) is 58.8 Å². The topological polar surface area (TPSA) is 112 Å². The Labute approximate surface area is 161 Å². The number of Topliss-reactive ketones (excluding diaryl/α,β-unsaturated/α-hetero) is 1. The predicted molar refractivity (Wildman–Crippen MR) is 103 cm³/mol. The zero-order chi connectivity index (χ0) is 19.0. The Kier molecular flexibility index (Phi) is 4.46. The molecule has 0 unspecified atom stereocenters. The summed E-state index contributed by atoms with van der Waals surface area (Å²) in [7, 11) is 0. The van der Waals surface area contributed by atoms with Crippen LogP contribution < -0.4 is 10.6 Å². The molecular weight excluding hydrogens is 360 g/mol. The molecule has 1 aromatic carbocycles. The number of nitrogens with zero attached hydrogens (tertiary/aromatic N) is 4. The fraction of sp³-hybridized carbons (Fsp3) is 0.263. The molecule has 2 aliphatic rings. The molecule has 0 bridgehead atoms. The van der Waals surface area contributed by atoms with Gasteiger partial charge in [-0.3, -0.25) is 9.69 Å². The van der Waals surface area contributed by atoms with E-state index in [0.29, 0.717) is 35.8 Å². The van der Waals surface area contributed by atoms with Crippen LogP contribution in [0.1, 0.15) is 30.7 Å². The lowest BCUT2D eigenvalue weighted by Crippen LogP contribution is -2.39. The molecule has 4 rings (SSSR count). The van der Waals surface area contributed by atoms with Crippen LogP contribution in [-0.4, -0.2) is 27.2 Å². The van der Waals surface area contributed by atoms with E-state index in [9.17, 15) is 10.1 Å². The summed E-state index contributed by atoms with van der Waals surface area (Å²) in [5.74, 6) is 0.313. The molecule has 8 heteroatoms. The van der Waals surface area contributed by atoms with Crippen LogP contribution in [0.5, 0.6) is 0 Å². The highest BCUT2D eigenvalue weighted by atomic mass is 32.2. The second-order valence-electron chi connectivity index (χ2n) is 6.40. The number of nitrogens with one attached hydrogen (secondary N) is 1. The molecule has 136 valence electrons. The number of allylic oxidation sites excluding steroid dienone is 3. The minimum absolute atomic E-state index is 0.0555. The minimum Gasteiger partial charge on any atom is -0.384 e. The average Bonchev–Trinajstić information content (AvgIpc) is 3.21. The first-order valence-corrected chi connectivity index (χ1v) is 9.83. The molecule has 0 fully saturated rings. The number of anilines is 1. The Morgan fingerprint density at radius 2 is 2.11 bits per heavy atom. The van der Waals surface area contributed by atoms with E-state index in [2.05, 4.69) is 21.3 Å². The molecule has 2 aromatic rings. The largest absolute Gasteiger partial charge is 0.384 e. The standard InChI is InChI=1S/C19H18N6OS/c1-27-12-7-5-11(6-8-12)16-13(9-20)18(21)25(19-22-10-23-24-19)14-3-2-4-15(26)17(14)16/h5-8,10,16H,2-4,21H2,1H3,(H,22,23,24)/t16-/m0/s1. The second kappa shape index (κ2) is 6.93. The van der Waals surface area contributed by atoms with Gasteiger partial charge < -0.3 is 5.73 Å². The molecule has 3 N–H and O–H groups in total. The molecule has 27 heavy (non-hydrogen) atoms. The number of hydrogen-bond donors (Lipinski definition) is 2. The summed E-state index contributed by atoms with van der Waals surface area (Å²) in [6.45, 7) is 0. The smallest absolute Gasteiger partial charge is 0.231 e. The van der Waals surface area contributed by atoms with Crippen LogP contribution in [0.4, 0.5) is 5.95 Å². The lowest BCUT2D eigenvalue weighted by molar-refractivity contribution is -0.116. The fourth-order valence-electron chi connectivity index (χ4n) is 3.76. The van der Waals surface area contributed by atoms with Crippen LogP contribution in [-0.2, 0) is 4.79 Å². The van der Waals surface area contributed by atoms with Crippen molar-refractivity contribution in [1.29, 1.82) is 5.26 Å². The Hall–Kier alpha value is -3.05. The van der Waals surface area contributed by atoms with Gasteiger partial charge in [-0.2, -0.15) is 15.3 Å². The first-order valence-electron chi connectivity index (χ1n) is 8.61. The van der Waals surface area contributed by atoms with Gasteiger partial charge in [0, 0.05) is 22.6 Å². The number of hydrogen-bond acceptors (Lipinski definition) is 7. The molecule has 2 heterocycles. The Morgan fingerprint density at radius 1 is 1.33 bits per heavy atom. The molecule has 1 atom stereocenters. The minimum atomic E-state index is -0.451. The van der Waals surface area contributed by atoms with Crippen molar-refractivity contribution in [2.45, 2.75) is 30.1 Å². The Balaban J connectivity index is 1.93. The number of nitrogens with two attached hydrogens (primary N) is 1. The number of aromatic amines is 1. The van der Waals surface area contributed by atoms with Gasteiger partial charge in [-0.15, -0.1) is 11.8 Å². The van der Waals surface area contributed by atoms with Gasteiger partial charge >= 0.3 is 0 Å². The third kappa shape index (κ3) is 2.80. The average molecular weight is 378 g/mol. The van der Waals surface area contributed by atoms with E-state index in [4.69, 9.17) is 5.73 Å². The van der Waals surface area contributed by atoms with Gasteiger partial charge in [0.2, 0.25) is 5.95 Å². The number of carbonyl (C=O) groups is 1. The van der Waals surface area contributed by atoms with E-state index in [1.54, 1.807) is 16.7 Å². The first-order chi connectivity index (χ1) is 13.2. The molecule has 7 nitrogen and oxygen atoms in total. The highest BCUT2D eigenvalue weighted by molar-refractivity contribution is 7.98. The maximum Gasteiger partial charge on any atom is 0.231 e. The summed E-state index contributed by atoms with van der Waals surface area (Å²) in [6.07, 6.45) is 5.30. The predicted octanol–water partition coefficient (Wildman–Crippen LogP) is 2.83. The third-order valence-electron chi connectivity index (χ3n) is 4.98. The first kappa shape index (κ1) is 17.4. The number of aromatic nitrogens is 3. The molecule has 0 spiro atoms. The molecule has 1 aliphatic heterocycles. The van der Waals surface area contributed by atoms with Crippen molar-refractivity contribution in [3.8, 4) is 6.07 Å². The second-order valence-corrected chi connectivity index (χ2v) is 7.28. The van der Waals surface area contributed by atoms with Crippen molar-refractivity contribution < 1.29 is 4.79 Å². The highest BCUT2D eigenvalue weighted by Crippen LogP contribution is 2.45. The fourth-order valence-corrected chi connectivity index (χ4v) is 4.17. The van der Waals surface area contributed by atoms with Gasteiger partial charge in [0.15, 0.2) is 5.78 Å². The van der Waals surface area contributed by atoms with E-state index in [1.807, 2.05) is 30.5 Å². The summed E-state index contributed by atoms with van der Waals surface area (Å²) in [4.78, 5) is 19.9. The summed E-state index contributed by atoms with van der Waals surface area (Å²) in [6, 6.07) is 10.2. The summed E-state index contributed by atoms with van der Waals surface area (Å²) in [5, 5.41) is 16.6. The van der Waals surface area contributed by atoms with Crippen LogP contribution in [0.2, 0.25) is 0 Å². The van der Waals surface area contributed by atoms with E-state index in [-0.39, 0.29) is 5.78 Å². The van der Waals surface area contributed by atoms with E-state index in [0.717, 1.165) is 22.6 Å². The normalized spacial score (nSPS) is 19.9. The molecular formula is C19H18N6OS. The zero-order valence-corrected chi connectivity index (χ0v) is 15.6. The number of thioether (sulfide) groups is 1. The van der Waals surface area contributed by atoms with Crippen molar-refractivity contribution in [2.75, 3.05) is 11.2 Å². The summed E-state index contributed by atoms with van der Waals surface area (Å²) >= 11 is 1.65. The maximum atomic E-state index is 12.9. The highest BCUT2D eigenvalue weighted by Gasteiger charge is 2.40. The van der Waals surface area contributed by atoms with Crippen LogP contribution >= 0.6 is 11.8 Å². The van der Waals surface area contributed by atoms with E-state index >= 15 is 0 Å². The molecule has 1 aromatic heterocycles. The summed E-state index contributed by atoms with van der Waals surface area (Å²) in [5.41, 5.74) is 9.10. The van der Waals surface area contributed by atoms with Gasteiger partial charge in [0.1, 0.15) is 12.1 Å². The Morgan fingerprint density at radius 3 is 2.74 bits per heavy atom. The van der Waals surface area contributed by atoms with Gasteiger partial charge in [-0.1, -0.05) is 12.1 Å². The van der Waals surface area contributed by atoms with Gasteiger partial charge in [-0.05, 0) is 36.8 Å². The lowest BCUT2D eigenvalue weighted by Gasteiger charge is -2.38. The van der Waals surface area contributed by atoms with Crippen LogP contribution in [0.25, 0.3) is 0 Å². The number of carbonyl (C=O) groups excluding carboxylic acids is 1. The quantitative estimate of drug-likeness (QED) is 0.790. The van der Waals surface area contributed by atoms with Crippen LogP contribution in [0.3, 0.4) is 0 Å². The monoisotopic (exact) mass is 378 g/mol. The zero-order valence-electron chi connectivity index (χ0n) is 14.8. The Bertz CT molecular complexity index is 984. The summed E-state index contributed by atoms with van der Waals surface area (Å²) < 4.78 is 0. The van der Waals surface area contributed by atoms with E-state index < -0.39 is 5.92 Å². The van der Waals surface area contributed by atoms with Gasteiger partial charge in [0.05, 0.1) is 17.6 Å². The van der Waals surface area contributed by atoms with Crippen molar-refractivity contribution >= 4 is 23.5 Å². The third-order valence-corrected chi connectivity index (χ3v) is 5.72. The van der Waals surface area contributed by atoms with Crippen LogP contribution in [0, 0.1) is 11.3 Å². The molecule has 1 aliphatic carbocycles. The maximum absolute atomic E-state index is 12.9. The molecule has 0 saturated carbocycles. The number of rotatable bonds is 3. The molecule has 0 saturated heterocycles. The SMILES string of the molecule is CSc1ccc([C@H]2C(C#N)=C(N)N(c3ncn[nH]3)C3=C2C(=O)CCC3)cc1. The van der Waals surface area contributed by atoms with Gasteiger partial charge in [-0.25, -0.2) is 5.10 Å². The number of benzene rings is 1.